The molecule has 0 heterocycles. The number of nitrogens with one attached hydrogen (secondary N) is 1. The van der Waals surface area contributed by atoms with Gasteiger partial charge in [-0.15, -0.1) is 0 Å². The van der Waals surface area contributed by atoms with E-state index >= 15 is 0 Å². The number of methoxy groups -OCH3 is 2. The van der Waals surface area contributed by atoms with Gasteiger partial charge in [0.05, 0.1) is 19.8 Å². The highest BCUT2D eigenvalue weighted by Gasteiger charge is 2.12. The number of hydrogen-bond donors (Lipinski definition) is 1. The minimum absolute atomic E-state index is 0.163. The Bertz CT molecular complexity index is 808. The van der Waals surface area contributed by atoms with Gasteiger partial charge in [0.1, 0.15) is 11.5 Å². The highest BCUT2D eigenvalue weighted by atomic mass is 16.5. The predicted octanol–water partition coefficient (Wildman–Crippen LogP) is 2.70. The van der Waals surface area contributed by atoms with Gasteiger partial charge < -0.3 is 19.5 Å². The van der Waals surface area contributed by atoms with Gasteiger partial charge >= 0.3 is 5.97 Å². The number of esters is 1. The molecule has 2 aromatic carbocycles. The quantitative estimate of drug-likeness (QED) is 0.605. The third-order valence-corrected chi connectivity index (χ3v) is 3.47. The van der Waals surface area contributed by atoms with Crippen molar-refractivity contribution in [3.8, 4) is 11.5 Å². The monoisotopic (exact) mass is 357 g/mol. The first-order valence-corrected chi connectivity index (χ1v) is 7.74. The van der Waals surface area contributed by atoms with E-state index in [4.69, 9.17) is 14.2 Å². The second-order valence-electron chi connectivity index (χ2n) is 5.36. The van der Waals surface area contributed by atoms with Crippen LogP contribution in [0, 0.1) is 0 Å². The number of carbonyl (C=O) groups is 3. The summed E-state index contributed by atoms with van der Waals surface area (Å²) in [7, 11) is 2.99. The van der Waals surface area contributed by atoms with Crippen molar-refractivity contribution >= 4 is 23.3 Å². The minimum atomic E-state index is -0.688. The lowest BCUT2D eigenvalue weighted by Crippen LogP contribution is -2.21. The predicted molar refractivity (Wildman–Crippen MR) is 94.9 cm³/mol. The highest BCUT2D eigenvalue weighted by molar-refractivity contribution is 5.99. The van der Waals surface area contributed by atoms with E-state index in [1.54, 1.807) is 30.3 Å². The molecule has 0 aromatic heterocycles. The summed E-state index contributed by atoms with van der Waals surface area (Å²) in [6.45, 7) is 0.933. The zero-order valence-electron chi connectivity index (χ0n) is 14.7. The van der Waals surface area contributed by atoms with Gasteiger partial charge in [-0.1, -0.05) is 12.1 Å². The van der Waals surface area contributed by atoms with E-state index in [-0.39, 0.29) is 11.3 Å². The highest BCUT2D eigenvalue weighted by Crippen LogP contribution is 2.25. The molecule has 0 atom stereocenters. The summed E-state index contributed by atoms with van der Waals surface area (Å²) >= 11 is 0. The molecule has 0 radical (unpaired) electrons. The molecule has 0 unspecified atom stereocenters. The van der Waals surface area contributed by atoms with E-state index in [0.717, 1.165) is 0 Å². The van der Waals surface area contributed by atoms with Crippen LogP contribution in [-0.4, -0.2) is 38.5 Å². The normalized spacial score (nSPS) is 9.96. The van der Waals surface area contributed by atoms with Crippen LogP contribution < -0.4 is 14.8 Å². The van der Waals surface area contributed by atoms with Crippen molar-refractivity contribution in [2.24, 2.45) is 0 Å². The van der Waals surface area contributed by atoms with Crippen LogP contribution >= 0.6 is 0 Å². The lowest BCUT2D eigenvalue weighted by Gasteiger charge is -2.10. The maximum absolute atomic E-state index is 12.0. The number of hydrogen-bond acceptors (Lipinski definition) is 6. The molecule has 136 valence electrons. The molecule has 0 fully saturated rings. The first-order chi connectivity index (χ1) is 12.4. The van der Waals surface area contributed by atoms with Gasteiger partial charge in [-0.3, -0.25) is 9.59 Å². The molecule has 0 spiro atoms. The number of amides is 1. The van der Waals surface area contributed by atoms with E-state index in [1.807, 2.05) is 0 Å². The average Bonchev–Trinajstić information content (AvgIpc) is 2.65. The SMILES string of the molecule is COc1cc(NC(=O)COC(=O)c2cccc(C(C)=O)c2)cc(OC)c1. The third-order valence-electron chi connectivity index (χ3n) is 3.47. The molecule has 0 saturated heterocycles. The summed E-state index contributed by atoms with van der Waals surface area (Å²) in [4.78, 5) is 35.4. The van der Waals surface area contributed by atoms with Gasteiger partial charge in [-0.2, -0.15) is 0 Å². The molecule has 2 aromatic rings. The Balaban J connectivity index is 1.97. The van der Waals surface area contributed by atoms with E-state index < -0.39 is 18.5 Å². The van der Waals surface area contributed by atoms with Gasteiger partial charge in [0.2, 0.25) is 0 Å². The van der Waals surface area contributed by atoms with Gasteiger partial charge in [0, 0.05) is 29.4 Å². The molecule has 26 heavy (non-hydrogen) atoms. The first-order valence-electron chi connectivity index (χ1n) is 7.74. The molecule has 0 aliphatic heterocycles. The van der Waals surface area contributed by atoms with E-state index in [0.29, 0.717) is 22.7 Å². The molecule has 7 nitrogen and oxygen atoms in total. The van der Waals surface area contributed by atoms with E-state index in [1.165, 1.54) is 33.3 Å². The lowest BCUT2D eigenvalue weighted by atomic mass is 10.1. The second-order valence-corrected chi connectivity index (χ2v) is 5.36. The Hall–Kier alpha value is -3.35. The summed E-state index contributed by atoms with van der Waals surface area (Å²) in [5.41, 5.74) is 1.04. The maximum atomic E-state index is 12.0. The van der Waals surface area contributed by atoms with Gasteiger partial charge in [0.15, 0.2) is 12.4 Å². The number of ether oxygens (including phenoxy) is 3. The Labute approximate surface area is 150 Å². The summed E-state index contributed by atoms with van der Waals surface area (Å²) < 4.78 is 15.2. The number of anilines is 1. The Morgan fingerprint density at radius 1 is 0.923 bits per heavy atom. The van der Waals surface area contributed by atoms with Gasteiger partial charge in [-0.05, 0) is 19.1 Å². The molecule has 7 heteroatoms. The van der Waals surface area contributed by atoms with E-state index in [2.05, 4.69) is 5.32 Å². The third kappa shape index (κ3) is 5.07. The number of rotatable bonds is 7. The van der Waals surface area contributed by atoms with Crippen LogP contribution in [0.4, 0.5) is 5.69 Å². The smallest absolute Gasteiger partial charge is 0.338 e. The number of benzene rings is 2. The molecular formula is C19H19NO6. The maximum Gasteiger partial charge on any atom is 0.338 e. The molecule has 0 bridgehead atoms. The van der Waals surface area contributed by atoms with Crippen LogP contribution in [0.1, 0.15) is 27.6 Å². The molecule has 2 rings (SSSR count). The van der Waals surface area contributed by atoms with Gasteiger partial charge in [-0.25, -0.2) is 4.79 Å². The number of carbonyl (C=O) groups excluding carboxylic acids is 3. The summed E-state index contributed by atoms with van der Waals surface area (Å²) in [6, 6.07) is 11.0. The fourth-order valence-electron chi connectivity index (χ4n) is 2.16. The lowest BCUT2D eigenvalue weighted by molar-refractivity contribution is -0.119. The molecular weight excluding hydrogens is 338 g/mol. The van der Waals surface area contributed by atoms with Gasteiger partial charge in [0.25, 0.3) is 5.91 Å². The second kappa shape index (κ2) is 8.66. The fraction of sp³-hybridized carbons (Fsp3) is 0.211. The summed E-state index contributed by atoms with van der Waals surface area (Å²) in [5, 5.41) is 2.60. The van der Waals surface area contributed by atoms with Crippen molar-refractivity contribution in [3.05, 3.63) is 53.6 Å². The van der Waals surface area contributed by atoms with Crippen LogP contribution in [0.5, 0.6) is 11.5 Å². The molecule has 0 aliphatic carbocycles. The topological polar surface area (TPSA) is 90.9 Å². The zero-order chi connectivity index (χ0) is 19.1. The fourth-order valence-corrected chi connectivity index (χ4v) is 2.16. The molecule has 0 saturated carbocycles. The Kier molecular flexibility index (Phi) is 6.32. The Morgan fingerprint density at radius 2 is 1.54 bits per heavy atom. The van der Waals surface area contributed by atoms with Crippen LogP contribution in [0.25, 0.3) is 0 Å². The van der Waals surface area contributed by atoms with Crippen LogP contribution in [0.3, 0.4) is 0 Å². The largest absolute Gasteiger partial charge is 0.497 e. The average molecular weight is 357 g/mol. The van der Waals surface area contributed by atoms with E-state index in [9.17, 15) is 14.4 Å². The summed E-state index contributed by atoms with van der Waals surface area (Å²) in [6.07, 6.45) is 0. The van der Waals surface area contributed by atoms with Crippen molar-refractivity contribution in [1.29, 1.82) is 0 Å². The van der Waals surface area contributed by atoms with Crippen molar-refractivity contribution in [1.82, 2.24) is 0 Å². The number of ketones is 1. The standard InChI is InChI=1S/C19H19NO6/c1-12(21)13-5-4-6-14(7-13)19(23)26-11-18(22)20-15-8-16(24-2)10-17(9-15)25-3/h4-10H,11H2,1-3H3,(H,20,22). The number of Topliss-reactive ketones (excluding diaryl/α,β-unsaturated/α-hetero) is 1. The van der Waals surface area contributed by atoms with Crippen LogP contribution in [0.2, 0.25) is 0 Å². The zero-order valence-corrected chi connectivity index (χ0v) is 14.7. The Morgan fingerprint density at radius 3 is 2.12 bits per heavy atom. The van der Waals surface area contributed by atoms with Crippen LogP contribution in [-0.2, 0) is 9.53 Å². The van der Waals surface area contributed by atoms with Crippen molar-refractivity contribution in [2.75, 3.05) is 26.1 Å². The van der Waals surface area contributed by atoms with Crippen molar-refractivity contribution in [2.45, 2.75) is 6.92 Å². The molecule has 1 N–H and O–H groups in total. The summed E-state index contributed by atoms with van der Waals surface area (Å²) in [5.74, 6) is -0.345. The minimum Gasteiger partial charge on any atom is -0.497 e. The first kappa shape index (κ1) is 19.0. The molecule has 0 aliphatic rings. The van der Waals surface area contributed by atoms with Crippen LogP contribution in [0.15, 0.2) is 42.5 Å². The molecule has 1 amide bonds. The van der Waals surface area contributed by atoms with Crippen molar-refractivity contribution < 1.29 is 28.6 Å². The van der Waals surface area contributed by atoms with Crippen molar-refractivity contribution in [3.63, 3.8) is 0 Å².